The van der Waals surface area contributed by atoms with Gasteiger partial charge in [0, 0.05) is 19.4 Å². The van der Waals surface area contributed by atoms with Crippen LogP contribution in [-0.2, 0) is 18.8 Å². The molecule has 0 saturated carbocycles. The van der Waals surface area contributed by atoms with Gasteiger partial charge in [-0.2, -0.15) is 8.42 Å². The first-order chi connectivity index (χ1) is 6.53. The zero-order valence-electron chi connectivity index (χ0n) is 8.21. The van der Waals surface area contributed by atoms with Crippen molar-refractivity contribution in [2.24, 2.45) is 0 Å². The normalized spacial score (nSPS) is 16.7. The summed E-state index contributed by atoms with van der Waals surface area (Å²) in [7, 11) is -1.95. The van der Waals surface area contributed by atoms with Gasteiger partial charge in [-0.1, -0.05) is 0 Å². The Morgan fingerprint density at radius 1 is 1.36 bits per heavy atom. The van der Waals surface area contributed by atoms with Gasteiger partial charge in [-0.3, -0.25) is 0 Å². The van der Waals surface area contributed by atoms with Crippen LogP contribution in [0.1, 0.15) is 6.92 Å². The molecule has 1 rings (SSSR count). The molecule has 0 aliphatic carbocycles. The standard InChI is InChI=1S/C7H14N2O4S/c1-3-12-14(10,11)13-7-9-5-4-8(2)6-9/h4-5H,3,6-7H2,1-2H3. The summed E-state index contributed by atoms with van der Waals surface area (Å²) in [6.45, 7) is 2.26. The van der Waals surface area contributed by atoms with Crippen LogP contribution in [0, 0.1) is 0 Å². The summed E-state index contributed by atoms with van der Waals surface area (Å²) in [4.78, 5) is 3.60. The lowest BCUT2D eigenvalue weighted by Crippen LogP contribution is -2.26. The van der Waals surface area contributed by atoms with Crippen molar-refractivity contribution in [3.63, 3.8) is 0 Å². The molecule has 0 radical (unpaired) electrons. The lowest BCUT2D eigenvalue weighted by atomic mass is 10.8. The molecule has 1 aliphatic rings. The van der Waals surface area contributed by atoms with Crippen molar-refractivity contribution >= 4 is 10.4 Å². The Kier molecular flexibility index (Phi) is 3.73. The SMILES string of the molecule is CCOS(=O)(=O)OCN1C=CN(C)C1. The van der Waals surface area contributed by atoms with Crippen LogP contribution in [0.5, 0.6) is 0 Å². The highest BCUT2D eigenvalue weighted by Gasteiger charge is 2.14. The third-order valence-electron chi connectivity index (χ3n) is 1.56. The molecule has 0 aromatic heterocycles. The monoisotopic (exact) mass is 222 g/mol. The topological polar surface area (TPSA) is 59.1 Å². The molecular weight excluding hydrogens is 208 g/mol. The molecule has 1 aliphatic heterocycles. The molecule has 0 spiro atoms. The van der Waals surface area contributed by atoms with E-state index in [2.05, 4.69) is 8.37 Å². The molecule has 82 valence electrons. The molecule has 0 bridgehead atoms. The van der Waals surface area contributed by atoms with Gasteiger partial charge in [-0.05, 0) is 6.92 Å². The molecule has 14 heavy (non-hydrogen) atoms. The zero-order valence-corrected chi connectivity index (χ0v) is 9.03. The van der Waals surface area contributed by atoms with Crippen molar-refractivity contribution in [2.45, 2.75) is 6.92 Å². The third kappa shape index (κ3) is 3.52. The van der Waals surface area contributed by atoms with Crippen LogP contribution < -0.4 is 0 Å². The predicted octanol–water partition coefficient (Wildman–Crippen LogP) is -0.0821. The maximum Gasteiger partial charge on any atom is 0.401 e. The highest BCUT2D eigenvalue weighted by molar-refractivity contribution is 7.81. The van der Waals surface area contributed by atoms with Gasteiger partial charge in [0.2, 0.25) is 0 Å². The quantitative estimate of drug-likeness (QED) is 0.648. The Labute approximate surface area is 84.0 Å². The van der Waals surface area contributed by atoms with Gasteiger partial charge in [0.1, 0.15) is 6.73 Å². The number of hydrogen-bond donors (Lipinski definition) is 0. The van der Waals surface area contributed by atoms with Crippen LogP contribution in [0.4, 0.5) is 0 Å². The molecule has 0 aromatic rings. The summed E-state index contributed by atoms with van der Waals surface area (Å²) in [5.41, 5.74) is 0. The molecule has 0 fully saturated rings. The van der Waals surface area contributed by atoms with E-state index in [1.54, 1.807) is 18.0 Å². The van der Waals surface area contributed by atoms with Gasteiger partial charge in [0.25, 0.3) is 0 Å². The molecular formula is C7H14N2O4S. The van der Waals surface area contributed by atoms with E-state index in [9.17, 15) is 8.42 Å². The number of hydrogen-bond acceptors (Lipinski definition) is 6. The van der Waals surface area contributed by atoms with Gasteiger partial charge >= 0.3 is 10.4 Å². The number of nitrogens with zero attached hydrogens (tertiary/aromatic N) is 2. The van der Waals surface area contributed by atoms with Gasteiger partial charge in [0.05, 0.1) is 13.3 Å². The molecule has 1 heterocycles. The maximum atomic E-state index is 11.0. The molecule has 7 heteroatoms. The summed E-state index contributed by atoms with van der Waals surface area (Å²) in [5.74, 6) is 0. The Hall–Kier alpha value is -0.790. The minimum absolute atomic E-state index is 0.0246. The largest absolute Gasteiger partial charge is 0.401 e. The van der Waals surface area contributed by atoms with E-state index in [1.165, 1.54) is 0 Å². The molecule has 0 aromatic carbocycles. The Balaban J connectivity index is 2.31. The molecule has 0 N–H and O–H groups in total. The molecule has 0 unspecified atom stereocenters. The molecule has 0 saturated heterocycles. The Bertz CT molecular complexity index is 301. The summed E-state index contributed by atoms with van der Waals surface area (Å²) < 4.78 is 30.9. The fourth-order valence-electron chi connectivity index (χ4n) is 0.983. The molecule has 0 atom stereocenters. The van der Waals surface area contributed by atoms with E-state index < -0.39 is 10.4 Å². The average molecular weight is 222 g/mol. The Morgan fingerprint density at radius 3 is 2.57 bits per heavy atom. The lowest BCUT2D eigenvalue weighted by molar-refractivity contribution is 0.131. The first-order valence-corrected chi connectivity index (χ1v) is 5.53. The predicted molar refractivity (Wildman–Crippen MR) is 50.1 cm³/mol. The highest BCUT2D eigenvalue weighted by atomic mass is 32.3. The van der Waals surface area contributed by atoms with Gasteiger partial charge in [0.15, 0.2) is 0 Å². The average Bonchev–Trinajstić information content (AvgIpc) is 2.48. The van der Waals surface area contributed by atoms with Crippen LogP contribution in [0.3, 0.4) is 0 Å². The van der Waals surface area contributed by atoms with E-state index in [-0.39, 0.29) is 13.3 Å². The van der Waals surface area contributed by atoms with Crippen LogP contribution in [0.15, 0.2) is 12.4 Å². The van der Waals surface area contributed by atoms with Crippen molar-refractivity contribution in [2.75, 3.05) is 27.1 Å². The minimum atomic E-state index is -3.83. The van der Waals surface area contributed by atoms with E-state index in [4.69, 9.17) is 0 Å². The number of rotatable bonds is 5. The first kappa shape index (κ1) is 11.3. The van der Waals surface area contributed by atoms with E-state index in [0.717, 1.165) is 0 Å². The van der Waals surface area contributed by atoms with E-state index in [0.29, 0.717) is 6.67 Å². The van der Waals surface area contributed by atoms with E-state index >= 15 is 0 Å². The summed E-state index contributed by atoms with van der Waals surface area (Å²) in [6.07, 6.45) is 3.58. The third-order valence-corrected chi connectivity index (χ3v) is 2.48. The van der Waals surface area contributed by atoms with Crippen molar-refractivity contribution in [1.82, 2.24) is 9.80 Å². The smallest absolute Gasteiger partial charge is 0.362 e. The van der Waals surface area contributed by atoms with E-state index in [1.807, 2.05) is 18.1 Å². The van der Waals surface area contributed by atoms with Crippen molar-refractivity contribution in [3.8, 4) is 0 Å². The molecule has 6 nitrogen and oxygen atoms in total. The Morgan fingerprint density at radius 2 is 2.07 bits per heavy atom. The van der Waals surface area contributed by atoms with Crippen LogP contribution in [0.25, 0.3) is 0 Å². The van der Waals surface area contributed by atoms with Crippen molar-refractivity contribution < 1.29 is 16.8 Å². The summed E-state index contributed by atoms with van der Waals surface area (Å²) in [5, 5.41) is 0. The first-order valence-electron chi connectivity index (χ1n) is 4.20. The van der Waals surface area contributed by atoms with Crippen LogP contribution in [-0.4, -0.2) is 45.3 Å². The zero-order chi connectivity index (χ0) is 10.6. The van der Waals surface area contributed by atoms with Gasteiger partial charge < -0.3 is 9.80 Å². The summed E-state index contributed by atoms with van der Waals surface area (Å²) >= 11 is 0. The van der Waals surface area contributed by atoms with Gasteiger partial charge in [-0.15, -0.1) is 0 Å². The second-order valence-electron chi connectivity index (χ2n) is 2.85. The fraction of sp³-hybridized carbons (Fsp3) is 0.714. The minimum Gasteiger partial charge on any atom is -0.362 e. The molecule has 0 amide bonds. The lowest BCUT2D eigenvalue weighted by Gasteiger charge is -2.17. The maximum absolute atomic E-state index is 11.0. The second kappa shape index (κ2) is 4.63. The van der Waals surface area contributed by atoms with Crippen LogP contribution >= 0.6 is 0 Å². The fourth-order valence-corrected chi connectivity index (χ4v) is 1.60. The summed E-state index contributed by atoms with van der Waals surface area (Å²) in [6, 6.07) is 0. The van der Waals surface area contributed by atoms with Crippen molar-refractivity contribution in [3.05, 3.63) is 12.4 Å². The highest BCUT2D eigenvalue weighted by Crippen LogP contribution is 2.05. The van der Waals surface area contributed by atoms with Crippen molar-refractivity contribution in [1.29, 1.82) is 0 Å². The second-order valence-corrected chi connectivity index (χ2v) is 4.13. The van der Waals surface area contributed by atoms with Gasteiger partial charge in [-0.25, -0.2) is 8.37 Å². The van der Waals surface area contributed by atoms with Crippen LogP contribution in [0.2, 0.25) is 0 Å².